The molecular formula is C12H16N4OS. The van der Waals surface area contributed by atoms with E-state index in [-0.39, 0.29) is 5.69 Å². The van der Waals surface area contributed by atoms with Crippen molar-refractivity contribution >= 4 is 11.3 Å². The largest absolute Gasteiger partial charge is 0.325 e. The van der Waals surface area contributed by atoms with Crippen LogP contribution in [0.25, 0.3) is 0 Å². The highest BCUT2D eigenvalue weighted by Crippen LogP contribution is 2.22. The molecule has 1 N–H and O–H groups in total. The predicted octanol–water partition coefficient (Wildman–Crippen LogP) is 1.47. The maximum atomic E-state index is 11.5. The maximum absolute atomic E-state index is 11.5. The number of H-pyrrole nitrogens is 1. The molecule has 1 saturated heterocycles. The van der Waals surface area contributed by atoms with Crippen molar-refractivity contribution in [3.8, 4) is 0 Å². The third-order valence-electron chi connectivity index (χ3n) is 3.49. The zero-order valence-corrected chi connectivity index (χ0v) is 10.9. The number of likely N-dealkylation sites (tertiary alicyclic amines) is 1. The Labute approximate surface area is 109 Å². The summed E-state index contributed by atoms with van der Waals surface area (Å²) < 4.78 is 1.82. The lowest BCUT2D eigenvalue weighted by atomic mass is 10.1. The Hall–Kier alpha value is -1.40. The molecule has 0 radical (unpaired) electrons. The molecule has 0 bridgehead atoms. The number of hydrogen-bond acceptors (Lipinski definition) is 4. The molecule has 0 aromatic carbocycles. The van der Waals surface area contributed by atoms with Crippen LogP contribution in [-0.2, 0) is 6.54 Å². The van der Waals surface area contributed by atoms with Gasteiger partial charge in [0.05, 0.1) is 5.51 Å². The van der Waals surface area contributed by atoms with E-state index >= 15 is 0 Å². The van der Waals surface area contributed by atoms with Crippen LogP contribution < -0.4 is 5.69 Å². The van der Waals surface area contributed by atoms with Crippen molar-refractivity contribution in [3.63, 3.8) is 0 Å². The quantitative estimate of drug-likeness (QED) is 0.913. The van der Waals surface area contributed by atoms with Gasteiger partial charge in [-0.15, -0.1) is 11.3 Å². The standard InChI is InChI=1S/C12H16N4OS/c17-12-14-3-6-16(12)10-1-4-15(5-2-10)8-11-7-13-9-18-11/h3,6-7,9-10H,1-2,4-5,8H2,(H,14,17). The molecular weight excluding hydrogens is 248 g/mol. The maximum Gasteiger partial charge on any atom is 0.325 e. The summed E-state index contributed by atoms with van der Waals surface area (Å²) in [6.45, 7) is 3.07. The third kappa shape index (κ3) is 2.39. The number of imidazole rings is 1. The minimum Gasteiger partial charge on any atom is -0.313 e. The molecule has 96 valence electrons. The van der Waals surface area contributed by atoms with Crippen LogP contribution in [0.2, 0.25) is 0 Å². The normalized spacial score (nSPS) is 18.2. The molecule has 3 rings (SSSR count). The van der Waals surface area contributed by atoms with Gasteiger partial charge < -0.3 is 4.98 Å². The van der Waals surface area contributed by atoms with E-state index < -0.39 is 0 Å². The zero-order chi connectivity index (χ0) is 12.4. The van der Waals surface area contributed by atoms with Crippen LogP contribution in [0.4, 0.5) is 0 Å². The van der Waals surface area contributed by atoms with Crippen LogP contribution in [-0.4, -0.2) is 32.5 Å². The molecule has 2 aromatic rings. The molecule has 1 aliphatic rings. The van der Waals surface area contributed by atoms with Crippen molar-refractivity contribution in [2.45, 2.75) is 25.4 Å². The smallest absolute Gasteiger partial charge is 0.313 e. The van der Waals surface area contributed by atoms with Crippen molar-refractivity contribution in [2.75, 3.05) is 13.1 Å². The molecule has 0 amide bonds. The van der Waals surface area contributed by atoms with E-state index in [1.54, 1.807) is 17.5 Å². The molecule has 0 aliphatic carbocycles. The minimum atomic E-state index is 0.0101. The topological polar surface area (TPSA) is 53.9 Å². The Kier molecular flexibility index (Phi) is 3.29. The number of rotatable bonds is 3. The summed E-state index contributed by atoms with van der Waals surface area (Å²) >= 11 is 1.70. The number of nitrogens with one attached hydrogen (secondary N) is 1. The zero-order valence-electron chi connectivity index (χ0n) is 10.1. The van der Waals surface area contributed by atoms with Gasteiger partial charge in [-0.05, 0) is 12.8 Å². The van der Waals surface area contributed by atoms with Gasteiger partial charge in [0.1, 0.15) is 0 Å². The molecule has 6 heteroatoms. The fraction of sp³-hybridized carbons (Fsp3) is 0.500. The van der Waals surface area contributed by atoms with Crippen molar-refractivity contribution < 1.29 is 0 Å². The molecule has 1 fully saturated rings. The van der Waals surface area contributed by atoms with Gasteiger partial charge in [-0.25, -0.2) is 4.79 Å². The lowest BCUT2D eigenvalue weighted by molar-refractivity contribution is 0.179. The predicted molar refractivity (Wildman–Crippen MR) is 70.7 cm³/mol. The lowest BCUT2D eigenvalue weighted by Gasteiger charge is -2.31. The molecule has 0 unspecified atom stereocenters. The highest BCUT2D eigenvalue weighted by molar-refractivity contribution is 7.09. The van der Waals surface area contributed by atoms with E-state index in [1.807, 2.05) is 22.5 Å². The van der Waals surface area contributed by atoms with Gasteiger partial charge in [0, 0.05) is 49.1 Å². The molecule has 2 aromatic heterocycles. The van der Waals surface area contributed by atoms with E-state index in [9.17, 15) is 4.79 Å². The summed E-state index contributed by atoms with van der Waals surface area (Å²) in [7, 11) is 0. The van der Waals surface area contributed by atoms with Crippen LogP contribution in [0.15, 0.2) is 28.9 Å². The fourth-order valence-electron chi connectivity index (χ4n) is 2.51. The van der Waals surface area contributed by atoms with Crippen LogP contribution in [0.1, 0.15) is 23.8 Å². The first-order valence-electron chi connectivity index (χ1n) is 6.18. The SMILES string of the molecule is O=c1[nH]ccn1C1CCN(Cc2cncs2)CC1. The van der Waals surface area contributed by atoms with Gasteiger partial charge in [0.2, 0.25) is 0 Å². The summed E-state index contributed by atoms with van der Waals surface area (Å²) in [5, 5.41) is 0. The van der Waals surface area contributed by atoms with E-state index in [2.05, 4.69) is 14.9 Å². The van der Waals surface area contributed by atoms with E-state index in [4.69, 9.17) is 0 Å². The first-order valence-corrected chi connectivity index (χ1v) is 7.06. The van der Waals surface area contributed by atoms with Gasteiger partial charge >= 0.3 is 5.69 Å². The van der Waals surface area contributed by atoms with Crippen molar-refractivity contribution in [1.29, 1.82) is 0 Å². The van der Waals surface area contributed by atoms with Gasteiger partial charge in [-0.2, -0.15) is 0 Å². The molecule has 18 heavy (non-hydrogen) atoms. The number of nitrogens with zero attached hydrogens (tertiary/aromatic N) is 3. The highest BCUT2D eigenvalue weighted by Gasteiger charge is 2.21. The highest BCUT2D eigenvalue weighted by atomic mass is 32.1. The first-order chi connectivity index (χ1) is 8.83. The monoisotopic (exact) mass is 264 g/mol. The second-order valence-corrected chi connectivity index (χ2v) is 5.62. The Morgan fingerprint density at radius 2 is 2.28 bits per heavy atom. The number of aromatic nitrogens is 3. The van der Waals surface area contributed by atoms with E-state index in [1.165, 1.54) is 4.88 Å². The third-order valence-corrected chi connectivity index (χ3v) is 4.25. The number of aromatic amines is 1. The summed E-state index contributed by atoms with van der Waals surface area (Å²) in [5.41, 5.74) is 1.89. The van der Waals surface area contributed by atoms with Gasteiger partial charge in [0.15, 0.2) is 0 Å². The van der Waals surface area contributed by atoms with Crippen LogP contribution in [0.5, 0.6) is 0 Å². The number of piperidine rings is 1. The van der Waals surface area contributed by atoms with Crippen molar-refractivity contribution in [3.05, 3.63) is 39.5 Å². The lowest BCUT2D eigenvalue weighted by Crippen LogP contribution is -2.36. The van der Waals surface area contributed by atoms with Gasteiger partial charge in [-0.1, -0.05) is 0 Å². The molecule has 3 heterocycles. The summed E-state index contributed by atoms with van der Waals surface area (Å²) in [6, 6.07) is 0.349. The summed E-state index contributed by atoms with van der Waals surface area (Å²) in [6.07, 6.45) is 7.58. The molecule has 5 nitrogen and oxygen atoms in total. The average molecular weight is 264 g/mol. The summed E-state index contributed by atoms with van der Waals surface area (Å²) in [5.74, 6) is 0. The second-order valence-electron chi connectivity index (χ2n) is 4.65. The molecule has 0 saturated carbocycles. The van der Waals surface area contributed by atoms with E-state index in [0.717, 1.165) is 32.5 Å². The second kappa shape index (κ2) is 5.07. The fourth-order valence-corrected chi connectivity index (χ4v) is 3.15. The molecule has 1 aliphatic heterocycles. The number of thiazole rings is 1. The Morgan fingerprint density at radius 1 is 1.44 bits per heavy atom. The number of hydrogen-bond donors (Lipinski definition) is 1. The van der Waals surface area contributed by atoms with Gasteiger partial charge in [-0.3, -0.25) is 14.5 Å². The van der Waals surface area contributed by atoms with Crippen LogP contribution >= 0.6 is 11.3 Å². The molecule has 0 atom stereocenters. The van der Waals surface area contributed by atoms with Crippen molar-refractivity contribution in [1.82, 2.24) is 19.4 Å². The van der Waals surface area contributed by atoms with Crippen LogP contribution in [0, 0.1) is 0 Å². The Bertz CT molecular complexity index is 536. The Morgan fingerprint density at radius 3 is 2.89 bits per heavy atom. The molecule has 0 spiro atoms. The first kappa shape index (κ1) is 11.7. The average Bonchev–Trinajstić information content (AvgIpc) is 3.02. The summed E-state index contributed by atoms with van der Waals surface area (Å²) in [4.78, 5) is 22.1. The van der Waals surface area contributed by atoms with Crippen LogP contribution in [0.3, 0.4) is 0 Å². The van der Waals surface area contributed by atoms with Crippen molar-refractivity contribution in [2.24, 2.45) is 0 Å². The van der Waals surface area contributed by atoms with E-state index in [0.29, 0.717) is 6.04 Å². The minimum absolute atomic E-state index is 0.0101. The van der Waals surface area contributed by atoms with Gasteiger partial charge in [0.25, 0.3) is 0 Å². The Balaban J connectivity index is 1.58.